The number of nitrogens with one attached hydrogen (secondary N) is 2. The van der Waals surface area contributed by atoms with Gasteiger partial charge in [-0.05, 0) is 60.7 Å². The van der Waals surface area contributed by atoms with Gasteiger partial charge in [0, 0.05) is 17.8 Å². The molecular weight excluding hydrogens is 396 g/mol. The maximum Gasteiger partial charge on any atom is 0.264 e. The lowest BCUT2D eigenvalue weighted by Crippen LogP contribution is -2.42. The summed E-state index contributed by atoms with van der Waals surface area (Å²) >= 11 is 1.40. The van der Waals surface area contributed by atoms with Crippen molar-refractivity contribution < 1.29 is 9.59 Å². The lowest BCUT2D eigenvalue weighted by Gasteiger charge is -2.23. The normalized spacial score (nSPS) is 16.1. The van der Waals surface area contributed by atoms with Gasteiger partial charge in [-0.25, -0.2) is 4.98 Å². The molecule has 3 heterocycles. The third-order valence-corrected chi connectivity index (χ3v) is 6.22. The Bertz CT molecular complexity index is 1160. The molecule has 2 aromatic carbocycles. The Morgan fingerprint density at radius 2 is 1.90 bits per heavy atom. The van der Waals surface area contributed by atoms with E-state index in [0.29, 0.717) is 23.5 Å². The summed E-state index contributed by atoms with van der Waals surface area (Å²) in [5.74, 6) is 0.578. The van der Waals surface area contributed by atoms with Crippen molar-refractivity contribution in [3.8, 4) is 11.4 Å². The van der Waals surface area contributed by atoms with E-state index in [0.717, 1.165) is 28.8 Å². The Labute approximate surface area is 177 Å². The highest BCUT2D eigenvalue weighted by atomic mass is 32.1. The van der Waals surface area contributed by atoms with Crippen LogP contribution >= 0.6 is 11.3 Å². The number of fused-ring (bicyclic) bond motifs is 1. The summed E-state index contributed by atoms with van der Waals surface area (Å²) in [4.78, 5) is 35.8. The predicted molar refractivity (Wildman–Crippen MR) is 119 cm³/mol. The lowest BCUT2D eigenvalue weighted by molar-refractivity contribution is -0.119. The van der Waals surface area contributed by atoms with Crippen molar-refractivity contribution >= 4 is 39.9 Å². The Kier molecular flexibility index (Phi) is 4.80. The summed E-state index contributed by atoms with van der Waals surface area (Å²) in [6, 6.07) is 18.7. The van der Waals surface area contributed by atoms with Gasteiger partial charge in [0.2, 0.25) is 5.91 Å². The highest BCUT2D eigenvalue weighted by Crippen LogP contribution is 2.25. The molecule has 1 aliphatic rings. The first-order valence-corrected chi connectivity index (χ1v) is 10.8. The van der Waals surface area contributed by atoms with Crippen LogP contribution < -0.4 is 5.32 Å². The van der Waals surface area contributed by atoms with Crippen LogP contribution in [0.25, 0.3) is 22.4 Å². The summed E-state index contributed by atoms with van der Waals surface area (Å²) in [6.45, 7) is 0.611. The van der Waals surface area contributed by atoms with E-state index in [1.807, 2.05) is 60.0 Å². The van der Waals surface area contributed by atoms with E-state index in [4.69, 9.17) is 0 Å². The number of aromatic nitrogens is 2. The van der Waals surface area contributed by atoms with Crippen molar-refractivity contribution in [1.82, 2.24) is 14.9 Å². The number of H-pyrrole nitrogens is 1. The summed E-state index contributed by atoms with van der Waals surface area (Å²) in [5, 5.41) is 4.84. The number of hydrogen-bond donors (Lipinski definition) is 2. The highest BCUT2D eigenvalue weighted by molar-refractivity contribution is 7.12. The van der Waals surface area contributed by atoms with E-state index in [1.165, 1.54) is 11.3 Å². The molecule has 6 nitrogen and oxygen atoms in total. The monoisotopic (exact) mass is 416 g/mol. The van der Waals surface area contributed by atoms with Crippen molar-refractivity contribution in [2.24, 2.45) is 0 Å². The SMILES string of the molecule is O=C(Nc1ccc(-c2nc3ccccc3[nH]2)cc1)[C@H]1CCCN1C(=O)c1cccs1. The Morgan fingerprint density at radius 3 is 2.67 bits per heavy atom. The highest BCUT2D eigenvalue weighted by Gasteiger charge is 2.34. The van der Waals surface area contributed by atoms with Gasteiger partial charge in [-0.2, -0.15) is 0 Å². The fourth-order valence-electron chi connectivity index (χ4n) is 3.85. The van der Waals surface area contributed by atoms with Crippen LogP contribution in [0.4, 0.5) is 5.69 Å². The molecule has 2 N–H and O–H groups in total. The van der Waals surface area contributed by atoms with Gasteiger partial charge in [-0.15, -0.1) is 11.3 Å². The van der Waals surface area contributed by atoms with Gasteiger partial charge in [0.15, 0.2) is 0 Å². The molecule has 0 bridgehead atoms. The van der Waals surface area contributed by atoms with Crippen molar-refractivity contribution in [3.05, 3.63) is 70.9 Å². The topological polar surface area (TPSA) is 78.1 Å². The molecule has 1 fully saturated rings. The Morgan fingerprint density at radius 1 is 1.07 bits per heavy atom. The Balaban J connectivity index is 1.29. The van der Waals surface area contributed by atoms with Crippen LogP contribution in [0.15, 0.2) is 66.0 Å². The van der Waals surface area contributed by atoms with Gasteiger partial charge in [-0.3, -0.25) is 9.59 Å². The molecule has 4 aromatic rings. The van der Waals surface area contributed by atoms with Gasteiger partial charge in [0.1, 0.15) is 11.9 Å². The molecule has 0 aliphatic carbocycles. The molecule has 1 atom stereocenters. The average Bonchev–Trinajstić information content (AvgIpc) is 3.54. The van der Waals surface area contributed by atoms with Crippen molar-refractivity contribution in [3.63, 3.8) is 0 Å². The van der Waals surface area contributed by atoms with E-state index in [9.17, 15) is 9.59 Å². The smallest absolute Gasteiger partial charge is 0.264 e. The van der Waals surface area contributed by atoms with Crippen LogP contribution in [-0.2, 0) is 4.79 Å². The summed E-state index contributed by atoms with van der Waals surface area (Å²) < 4.78 is 0. The Hall–Kier alpha value is -3.45. The molecule has 2 amide bonds. The van der Waals surface area contributed by atoms with Crippen LogP contribution in [0.2, 0.25) is 0 Å². The number of anilines is 1. The zero-order valence-corrected chi connectivity index (χ0v) is 17.0. The molecule has 30 heavy (non-hydrogen) atoms. The number of benzene rings is 2. The first-order chi connectivity index (χ1) is 14.7. The quantitative estimate of drug-likeness (QED) is 0.513. The van der Waals surface area contributed by atoms with E-state index in [2.05, 4.69) is 15.3 Å². The number of para-hydroxylation sites is 2. The van der Waals surface area contributed by atoms with E-state index >= 15 is 0 Å². The number of amides is 2. The molecule has 7 heteroatoms. The van der Waals surface area contributed by atoms with E-state index in [1.54, 1.807) is 11.0 Å². The zero-order valence-electron chi connectivity index (χ0n) is 16.2. The summed E-state index contributed by atoms with van der Waals surface area (Å²) in [7, 11) is 0. The molecular formula is C23H20N4O2S. The van der Waals surface area contributed by atoms with Gasteiger partial charge in [-0.1, -0.05) is 18.2 Å². The molecule has 0 spiro atoms. The number of carbonyl (C=O) groups is 2. The number of imidazole rings is 1. The molecule has 5 rings (SSSR count). The minimum Gasteiger partial charge on any atom is -0.338 e. The fourth-order valence-corrected chi connectivity index (χ4v) is 4.53. The van der Waals surface area contributed by atoms with E-state index < -0.39 is 6.04 Å². The largest absolute Gasteiger partial charge is 0.338 e. The molecule has 0 radical (unpaired) electrons. The van der Waals surface area contributed by atoms with Crippen LogP contribution in [-0.4, -0.2) is 39.3 Å². The molecule has 0 saturated carbocycles. The number of carbonyl (C=O) groups excluding carboxylic acids is 2. The predicted octanol–water partition coefficient (Wildman–Crippen LogP) is 4.53. The summed E-state index contributed by atoms with van der Waals surface area (Å²) in [5.41, 5.74) is 3.55. The average molecular weight is 417 g/mol. The minimum absolute atomic E-state index is 0.0668. The van der Waals surface area contributed by atoms with Gasteiger partial charge >= 0.3 is 0 Å². The van der Waals surface area contributed by atoms with Crippen LogP contribution in [0, 0.1) is 0 Å². The third-order valence-electron chi connectivity index (χ3n) is 5.36. The standard InChI is InChI=1S/C23H20N4O2S/c28-22(19-7-3-13-27(19)23(29)20-8-4-14-30-20)24-16-11-9-15(10-12-16)21-25-17-5-1-2-6-18(17)26-21/h1-2,4-6,8-12,14,19H,3,7,13H2,(H,24,28)(H,25,26)/t19-/m1/s1. The van der Waals surface area contributed by atoms with Crippen molar-refractivity contribution in [2.75, 3.05) is 11.9 Å². The van der Waals surface area contributed by atoms with Gasteiger partial charge in [0.05, 0.1) is 15.9 Å². The lowest BCUT2D eigenvalue weighted by atomic mass is 10.1. The van der Waals surface area contributed by atoms with Crippen LogP contribution in [0.3, 0.4) is 0 Å². The summed E-state index contributed by atoms with van der Waals surface area (Å²) in [6.07, 6.45) is 1.51. The van der Waals surface area contributed by atoms with Crippen LogP contribution in [0.1, 0.15) is 22.5 Å². The van der Waals surface area contributed by atoms with E-state index in [-0.39, 0.29) is 11.8 Å². The maximum atomic E-state index is 12.9. The second kappa shape index (κ2) is 7.76. The van der Waals surface area contributed by atoms with Crippen molar-refractivity contribution in [1.29, 1.82) is 0 Å². The number of nitrogens with zero attached hydrogens (tertiary/aromatic N) is 2. The second-order valence-corrected chi connectivity index (χ2v) is 8.25. The van der Waals surface area contributed by atoms with Gasteiger partial charge < -0.3 is 15.2 Å². The number of thiophene rings is 1. The fraction of sp³-hybridized carbons (Fsp3) is 0.174. The second-order valence-electron chi connectivity index (χ2n) is 7.30. The molecule has 150 valence electrons. The zero-order chi connectivity index (χ0) is 20.5. The van der Waals surface area contributed by atoms with Crippen LogP contribution in [0.5, 0.6) is 0 Å². The van der Waals surface area contributed by atoms with Crippen molar-refractivity contribution in [2.45, 2.75) is 18.9 Å². The number of rotatable bonds is 4. The molecule has 1 aliphatic heterocycles. The molecule has 2 aromatic heterocycles. The number of likely N-dealkylation sites (tertiary alicyclic amines) is 1. The third kappa shape index (κ3) is 3.48. The van der Waals surface area contributed by atoms with Gasteiger partial charge in [0.25, 0.3) is 5.91 Å². The first kappa shape index (κ1) is 18.6. The molecule has 1 saturated heterocycles. The number of hydrogen-bond acceptors (Lipinski definition) is 4. The first-order valence-electron chi connectivity index (χ1n) is 9.89. The maximum absolute atomic E-state index is 12.9. The number of aromatic amines is 1. The minimum atomic E-state index is -0.436. The molecule has 0 unspecified atom stereocenters.